The molecular formula is C32H44O9. The van der Waals surface area contributed by atoms with Crippen LogP contribution in [0.5, 0.6) is 0 Å². The first-order valence-corrected chi connectivity index (χ1v) is 14.7. The van der Waals surface area contributed by atoms with Crippen molar-refractivity contribution >= 4 is 35.1 Å². The standard InChI is InChI=1S/C32H44O9/c1-15(11-18(34)12-16(2)28(39)40)19-13-23(37)32(8)24-20(35)14-21-29(4,5)22(36)9-10-30(21,6)25(24)26(38)27(31(19,32)7)41-17(3)33/h15-16,19,21-22,27,36H,9-14H2,1-8H3,(H,39,40)/t15?,16?,19-,21+,22+,27-,30+,31+,32+/m1/s1. The zero-order valence-corrected chi connectivity index (χ0v) is 25.5. The summed E-state index contributed by atoms with van der Waals surface area (Å²) in [5, 5.41) is 20.1. The first kappa shape index (κ1) is 31.3. The van der Waals surface area contributed by atoms with Crippen molar-refractivity contribution in [3.63, 3.8) is 0 Å². The van der Waals surface area contributed by atoms with Crippen molar-refractivity contribution in [1.82, 2.24) is 0 Å². The van der Waals surface area contributed by atoms with Crippen LogP contribution in [0.3, 0.4) is 0 Å². The number of ketones is 4. The van der Waals surface area contributed by atoms with E-state index in [0.717, 1.165) is 0 Å². The van der Waals surface area contributed by atoms with Crippen molar-refractivity contribution < 1.29 is 43.7 Å². The van der Waals surface area contributed by atoms with Gasteiger partial charge >= 0.3 is 11.9 Å². The lowest BCUT2D eigenvalue weighted by molar-refractivity contribution is -0.176. The molecule has 4 aliphatic carbocycles. The highest BCUT2D eigenvalue weighted by molar-refractivity contribution is 6.18. The Bertz CT molecular complexity index is 1260. The number of aliphatic hydroxyl groups is 1. The van der Waals surface area contributed by atoms with E-state index in [0.29, 0.717) is 12.8 Å². The van der Waals surface area contributed by atoms with Gasteiger partial charge in [-0.3, -0.25) is 28.8 Å². The summed E-state index contributed by atoms with van der Waals surface area (Å²) >= 11 is 0. The second kappa shape index (κ2) is 9.96. The number of esters is 1. The monoisotopic (exact) mass is 572 g/mol. The maximum absolute atomic E-state index is 14.6. The van der Waals surface area contributed by atoms with Crippen molar-refractivity contribution in [2.45, 2.75) is 106 Å². The highest BCUT2D eigenvalue weighted by Crippen LogP contribution is 2.70. The van der Waals surface area contributed by atoms with Gasteiger partial charge in [0.2, 0.25) is 5.78 Å². The van der Waals surface area contributed by atoms with E-state index in [4.69, 9.17) is 4.74 Å². The highest BCUT2D eigenvalue weighted by atomic mass is 16.5. The van der Waals surface area contributed by atoms with Crippen LogP contribution in [0.4, 0.5) is 0 Å². The molecule has 0 aromatic heterocycles. The van der Waals surface area contributed by atoms with Gasteiger partial charge in [0.15, 0.2) is 11.9 Å². The van der Waals surface area contributed by atoms with E-state index in [-0.39, 0.29) is 60.1 Å². The van der Waals surface area contributed by atoms with Gasteiger partial charge in [0.05, 0.1) is 17.4 Å². The first-order valence-electron chi connectivity index (χ1n) is 14.7. The van der Waals surface area contributed by atoms with Gasteiger partial charge in [-0.2, -0.15) is 0 Å². The molecule has 4 rings (SSSR count). The SMILES string of the molecule is CC(=O)O[C@@H]1C(=O)C2=C(C(=O)C[C@H]3C(C)(C)[C@@H](O)CC[C@]23C)[C@]2(C)C(=O)C[C@H](C(C)CC(=O)CC(C)C(=O)O)[C@@]12C. The zero-order valence-electron chi connectivity index (χ0n) is 25.5. The molecule has 41 heavy (non-hydrogen) atoms. The number of carbonyl (C=O) groups excluding carboxylic acids is 5. The van der Waals surface area contributed by atoms with Gasteiger partial charge in [-0.05, 0) is 42.9 Å². The van der Waals surface area contributed by atoms with Gasteiger partial charge in [0, 0.05) is 54.6 Å². The molecule has 0 saturated heterocycles. The lowest BCUT2D eigenvalue weighted by Crippen LogP contribution is -2.65. The van der Waals surface area contributed by atoms with Gasteiger partial charge in [-0.1, -0.05) is 41.5 Å². The number of fused-ring (bicyclic) bond motifs is 4. The molecule has 0 radical (unpaired) electrons. The number of Topliss-reactive ketones (excluding diaryl/α,β-unsaturated/α-hetero) is 4. The van der Waals surface area contributed by atoms with Gasteiger partial charge < -0.3 is 14.9 Å². The topological polar surface area (TPSA) is 152 Å². The smallest absolute Gasteiger partial charge is 0.306 e. The molecule has 2 fully saturated rings. The molecular weight excluding hydrogens is 528 g/mol. The normalized spacial score (nSPS) is 39.4. The number of carboxylic acids is 1. The van der Waals surface area contributed by atoms with Crippen LogP contribution < -0.4 is 0 Å². The van der Waals surface area contributed by atoms with Crippen LogP contribution in [-0.4, -0.2) is 57.5 Å². The molecule has 0 amide bonds. The van der Waals surface area contributed by atoms with E-state index >= 15 is 0 Å². The Morgan fingerprint density at radius 1 is 0.976 bits per heavy atom. The Morgan fingerprint density at radius 3 is 2.15 bits per heavy atom. The maximum Gasteiger partial charge on any atom is 0.306 e. The molecule has 0 bridgehead atoms. The van der Waals surface area contributed by atoms with Crippen LogP contribution >= 0.6 is 0 Å². The molecule has 4 aliphatic rings. The van der Waals surface area contributed by atoms with E-state index in [1.807, 2.05) is 20.8 Å². The number of allylic oxidation sites excluding steroid dienone is 1. The Labute approximate surface area is 241 Å². The van der Waals surface area contributed by atoms with E-state index in [1.54, 1.807) is 20.8 Å². The van der Waals surface area contributed by atoms with Crippen molar-refractivity contribution in [3.8, 4) is 0 Å². The average Bonchev–Trinajstić information content (AvgIpc) is 3.07. The molecule has 0 spiro atoms. The molecule has 2 unspecified atom stereocenters. The van der Waals surface area contributed by atoms with Crippen LogP contribution in [0.1, 0.15) is 93.9 Å². The summed E-state index contributed by atoms with van der Waals surface area (Å²) in [6.45, 7) is 13.6. The first-order chi connectivity index (χ1) is 18.8. The minimum absolute atomic E-state index is 0.00458. The van der Waals surface area contributed by atoms with Crippen LogP contribution in [-0.2, 0) is 33.5 Å². The number of aliphatic carboxylic acids is 1. The second-order valence-corrected chi connectivity index (χ2v) is 14.4. The van der Waals surface area contributed by atoms with Crippen molar-refractivity contribution in [3.05, 3.63) is 11.1 Å². The van der Waals surface area contributed by atoms with Gasteiger partial charge in [0.25, 0.3) is 0 Å². The Morgan fingerprint density at radius 2 is 1.59 bits per heavy atom. The van der Waals surface area contributed by atoms with Crippen LogP contribution in [0.2, 0.25) is 0 Å². The Balaban J connectivity index is 1.88. The number of carboxylic acid groups (broad SMARTS) is 1. The lowest BCUT2D eigenvalue weighted by atomic mass is 9.42. The van der Waals surface area contributed by atoms with Crippen molar-refractivity contribution in [2.24, 2.45) is 45.3 Å². The summed E-state index contributed by atoms with van der Waals surface area (Å²) < 4.78 is 5.80. The number of hydrogen-bond acceptors (Lipinski definition) is 8. The third-order valence-corrected chi connectivity index (χ3v) is 11.8. The fourth-order valence-corrected chi connectivity index (χ4v) is 9.17. The number of hydrogen-bond donors (Lipinski definition) is 2. The van der Waals surface area contributed by atoms with E-state index < -0.39 is 69.3 Å². The molecule has 9 atom stereocenters. The lowest BCUT2D eigenvalue weighted by Gasteiger charge is -2.61. The molecule has 0 aromatic carbocycles. The molecule has 0 heterocycles. The summed E-state index contributed by atoms with van der Waals surface area (Å²) in [5.74, 6) is -5.24. The van der Waals surface area contributed by atoms with Crippen LogP contribution in [0.25, 0.3) is 0 Å². The summed E-state index contributed by atoms with van der Waals surface area (Å²) in [5.41, 5.74) is -3.73. The third-order valence-electron chi connectivity index (χ3n) is 11.8. The molecule has 9 nitrogen and oxygen atoms in total. The summed E-state index contributed by atoms with van der Waals surface area (Å²) in [7, 11) is 0. The molecule has 9 heteroatoms. The van der Waals surface area contributed by atoms with Crippen molar-refractivity contribution in [1.29, 1.82) is 0 Å². The summed E-state index contributed by atoms with van der Waals surface area (Å²) in [6.07, 6.45) is -1.19. The number of aliphatic hydroxyl groups excluding tert-OH is 1. The summed E-state index contributed by atoms with van der Waals surface area (Å²) in [6, 6.07) is 0. The molecule has 0 aromatic rings. The molecule has 2 saturated carbocycles. The zero-order chi connectivity index (χ0) is 31.0. The predicted molar refractivity (Wildman–Crippen MR) is 147 cm³/mol. The summed E-state index contributed by atoms with van der Waals surface area (Å²) in [4.78, 5) is 79.5. The second-order valence-electron chi connectivity index (χ2n) is 14.4. The number of carbonyl (C=O) groups is 6. The van der Waals surface area contributed by atoms with Gasteiger partial charge in [0.1, 0.15) is 11.6 Å². The average molecular weight is 573 g/mol. The van der Waals surface area contributed by atoms with E-state index in [9.17, 15) is 39.0 Å². The molecule has 226 valence electrons. The molecule has 2 N–H and O–H groups in total. The van der Waals surface area contributed by atoms with Crippen LogP contribution in [0.15, 0.2) is 11.1 Å². The predicted octanol–water partition coefficient (Wildman–Crippen LogP) is 3.88. The Kier molecular flexibility index (Phi) is 7.59. The van der Waals surface area contributed by atoms with E-state index in [1.165, 1.54) is 13.8 Å². The largest absolute Gasteiger partial charge is 0.481 e. The maximum atomic E-state index is 14.6. The quantitative estimate of drug-likeness (QED) is 0.433. The third kappa shape index (κ3) is 4.28. The van der Waals surface area contributed by atoms with Gasteiger partial charge in [-0.15, -0.1) is 0 Å². The number of rotatable bonds is 7. The van der Waals surface area contributed by atoms with Gasteiger partial charge in [-0.25, -0.2) is 0 Å². The van der Waals surface area contributed by atoms with E-state index in [2.05, 4.69) is 0 Å². The molecule has 0 aliphatic heterocycles. The van der Waals surface area contributed by atoms with Crippen molar-refractivity contribution in [2.75, 3.05) is 0 Å². The number of ether oxygens (including phenoxy) is 1. The highest BCUT2D eigenvalue weighted by Gasteiger charge is 2.74. The van der Waals surface area contributed by atoms with Crippen LogP contribution in [0, 0.1) is 45.3 Å². The fraction of sp³-hybridized carbons (Fsp3) is 0.750. The minimum Gasteiger partial charge on any atom is -0.481 e. The Hall–Kier alpha value is -2.68. The fourth-order valence-electron chi connectivity index (χ4n) is 9.17. The minimum atomic E-state index is -1.43.